The largest absolute Gasteiger partial charge is 0.332 e. The molecule has 4 nitrogen and oxygen atoms in total. The first-order chi connectivity index (χ1) is 10.7. The predicted octanol–water partition coefficient (Wildman–Crippen LogP) is 2.60. The van der Waals surface area contributed by atoms with Crippen LogP contribution in [0.5, 0.6) is 0 Å². The van der Waals surface area contributed by atoms with Gasteiger partial charge in [0.05, 0.1) is 12.6 Å². The van der Waals surface area contributed by atoms with Crippen LogP contribution in [0.15, 0.2) is 11.4 Å². The number of nitrogens with zero attached hydrogens (tertiary/aromatic N) is 2. The average molecular weight is 318 g/mol. The van der Waals surface area contributed by atoms with Gasteiger partial charge in [0.15, 0.2) is 0 Å². The van der Waals surface area contributed by atoms with Crippen molar-refractivity contribution in [2.45, 2.75) is 44.6 Å². The molecule has 2 amide bonds. The van der Waals surface area contributed by atoms with Crippen molar-refractivity contribution in [3.05, 3.63) is 21.9 Å². The molecule has 1 unspecified atom stereocenters. The number of hydrogen-bond donors (Lipinski definition) is 0. The van der Waals surface area contributed by atoms with Gasteiger partial charge in [-0.15, -0.1) is 11.3 Å². The summed E-state index contributed by atoms with van der Waals surface area (Å²) >= 11 is 1.78. The first kappa shape index (κ1) is 14.2. The third-order valence-electron chi connectivity index (χ3n) is 5.40. The molecule has 0 bridgehead atoms. The predicted molar refractivity (Wildman–Crippen MR) is 85.6 cm³/mol. The lowest BCUT2D eigenvalue weighted by Crippen LogP contribution is -2.56. The van der Waals surface area contributed by atoms with Gasteiger partial charge in [0.2, 0.25) is 11.8 Å². The summed E-state index contributed by atoms with van der Waals surface area (Å²) in [4.78, 5) is 30.5. The summed E-state index contributed by atoms with van der Waals surface area (Å²) in [5.74, 6) is 0.492. The maximum Gasteiger partial charge on any atom is 0.242 e. The molecule has 22 heavy (non-hydrogen) atoms. The Hall–Kier alpha value is -1.36. The van der Waals surface area contributed by atoms with Crippen molar-refractivity contribution < 1.29 is 9.59 Å². The van der Waals surface area contributed by atoms with Crippen LogP contribution in [-0.2, 0) is 16.0 Å². The van der Waals surface area contributed by atoms with E-state index in [9.17, 15) is 9.59 Å². The molecule has 4 rings (SSSR count). The molecule has 0 spiro atoms. The fraction of sp³-hybridized carbons (Fsp3) is 0.647. The molecule has 5 heteroatoms. The number of amides is 2. The molecule has 118 valence electrons. The Morgan fingerprint density at radius 3 is 2.86 bits per heavy atom. The van der Waals surface area contributed by atoms with Crippen molar-refractivity contribution in [1.29, 1.82) is 0 Å². The maximum atomic E-state index is 12.8. The smallest absolute Gasteiger partial charge is 0.242 e. The molecule has 1 atom stereocenters. The fourth-order valence-corrected chi connectivity index (χ4v) is 5.12. The van der Waals surface area contributed by atoms with Crippen molar-refractivity contribution in [1.82, 2.24) is 9.80 Å². The molecule has 1 saturated carbocycles. The van der Waals surface area contributed by atoms with E-state index in [1.807, 2.05) is 9.80 Å². The highest BCUT2D eigenvalue weighted by Gasteiger charge is 2.40. The zero-order valence-electron chi connectivity index (χ0n) is 12.8. The van der Waals surface area contributed by atoms with Gasteiger partial charge in [-0.1, -0.05) is 19.3 Å². The Labute approximate surface area is 135 Å². The standard InChI is InChI=1S/C17H22N2O2S/c20-16-11-18(17(21)12-4-2-1-3-5-12)10-14-13-7-9-22-15(13)6-8-19(14)16/h7,9,12,14H,1-6,8,10-11H2. The molecule has 1 saturated heterocycles. The summed E-state index contributed by atoms with van der Waals surface area (Å²) in [6.45, 7) is 1.78. The molecule has 1 aromatic rings. The molecular weight excluding hydrogens is 296 g/mol. The van der Waals surface area contributed by atoms with E-state index in [2.05, 4.69) is 11.4 Å². The summed E-state index contributed by atoms with van der Waals surface area (Å²) in [5, 5.41) is 2.11. The van der Waals surface area contributed by atoms with E-state index in [0.717, 1.165) is 38.6 Å². The summed E-state index contributed by atoms with van der Waals surface area (Å²) in [6.07, 6.45) is 6.53. The van der Waals surface area contributed by atoms with E-state index in [0.29, 0.717) is 6.54 Å². The van der Waals surface area contributed by atoms with Gasteiger partial charge in [-0.2, -0.15) is 0 Å². The molecule has 1 aliphatic carbocycles. The van der Waals surface area contributed by atoms with Gasteiger partial charge in [0, 0.05) is 23.9 Å². The van der Waals surface area contributed by atoms with Crippen LogP contribution in [0.1, 0.15) is 48.6 Å². The fourth-order valence-electron chi connectivity index (χ4n) is 4.19. The quantitative estimate of drug-likeness (QED) is 0.798. The van der Waals surface area contributed by atoms with E-state index in [4.69, 9.17) is 0 Å². The van der Waals surface area contributed by atoms with E-state index < -0.39 is 0 Å². The van der Waals surface area contributed by atoms with Crippen LogP contribution in [0.3, 0.4) is 0 Å². The van der Waals surface area contributed by atoms with E-state index in [1.165, 1.54) is 16.9 Å². The third-order valence-corrected chi connectivity index (χ3v) is 6.40. The lowest BCUT2D eigenvalue weighted by Gasteiger charge is -2.44. The van der Waals surface area contributed by atoms with E-state index >= 15 is 0 Å². The van der Waals surface area contributed by atoms with Crippen LogP contribution in [0.4, 0.5) is 0 Å². The Balaban J connectivity index is 1.55. The average Bonchev–Trinajstić information content (AvgIpc) is 3.04. The van der Waals surface area contributed by atoms with Crippen molar-refractivity contribution in [2.24, 2.45) is 5.92 Å². The molecular formula is C17H22N2O2S. The van der Waals surface area contributed by atoms with E-state index in [1.54, 1.807) is 11.3 Å². The zero-order chi connectivity index (χ0) is 15.1. The molecule has 3 heterocycles. The Morgan fingerprint density at radius 1 is 1.23 bits per heavy atom. The second kappa shape index (κ2) is 5.69. The van der Waals surface area contributed by atoms with Crippen molar-refractivity contribution in [3.63, 3.8) is 0 Å². The third kappa shape index (κ3) is 2.35. The highest BCUT2D eigenvalue weighted by Crippen LogP contribution is 2.36. The number of fused-ring (bicyclic) bond motifs is 3. The Kier molecular flexibility index (Phi) is 3.68. The number of carbonyl (C=O) groups excluding carboxylic acids is 2. The van der Waals surface area contributed by atoms with Crippen molar-refractivity contribution in [3.8, 4) is 0 Å². The molecule has 0 radical (unpaired) electrons. The number of rotatable bonds is 1. The summed E-state index contributed by atoms with van der Waals surface area (Å²) in [7, 11) is 0. The highest BCUT2D eigenvalue weighted by molar-refractivity contribution is 7.10. The van der Waals surface area contributed by atoms with Crippen LogP contribution in [0, 0.1) is 5.92 Å². The lowest BCUT2D eigenvalue weighted by atomic mass is 9.87. The van der Waals surface area contributed by atoms with Crippen LogP contribution < -0.4 is 0 Å². The number of thiophene rings is 1. The van der Waals surface area contributed by atoms with Crippen molar-refractivity contribution >= 4 is 23.2 Å². The van der Waals surface area contributed by atoms with Gasteiger partial charge in [-0.25, -0.2) is 0 Å². The molecule has 0 aromatic carbocycles. The molecule has 1 aromatic heterocycles. The minimum absolute atomic E-state index is 0.0868. The Bertz CT molecular complexity index is 591. The number of carbonyl (C=O) groups is 2. The minimum atomic E-state index is 0.0868. The topological polar surface area (TPSA) is 40.6 Å². The van der Waals surface area contributed by atoms with E-state index in [-0.39, 0.29) is 30.3 Å². The Morgan fingerprint density at radius 2 is 2.05 bits per heavy atom. The molecule has 3 aliphatic rings. The van der Waals surface area contributed by atoms with Gasteiger partial charge in [0.1, 0.15) is 0 Å². The summed E-state index contributed by atoms with van der Waals surface area (Å²) in [6, 6.07) is 2.22. The van der Waals surface area contributed by atoms with Crippen LogP contribution >= 0.6 is 11.3 Å². The summed E-state index contributed by atoms with van der Waals surface area (Å²) < 4.78 is 0. The molecule has 0 N–H and O–H groups in total. The lowest BCUT2D eigenvalue weighted by molar-refractivity contribution is -0.152. The van der Waals surface area contributed by atoms with Crippen LogP contribution in [0.2, 0.25) is 0 Å². The SMILES string of the molecule is O=C(C1CCCCC1)N1CC(=O)N2CCc3sccc3C2C1. The second-order valence-electron chi connectivity index (χ2n) is 6.71. The first-order valence-electron chi connectivity index (χ1n) is 8.38. The van der Waals surface area contributed by atoms with Gasteiger partial charge < -0.3 is 9.80 Å². The van der Waals surface area contributed by atoms with Crippen molar-refractivity contribution in [2.75, 3.05) is 19.6 Å². The maximum absolute atomic E-state index is 12.8. The first-order valence-corrected chi connectivity index (χ1v) is 9.26. The monoisotopic (exact) mass is 318 g/mol. The molecule has 2 fully saturated rings. The highest BCUT2D eigenvalue weighted by atomic mass is 32.1. The van der Waals surface area contributed by atoms with Crippen LogP contribution in [0.25, 0.3) is 0 Å². The van der Waals surface area contributed by atoms with Crippen LogP contribution in [-0.4, -0.2) is 41.2 Å². The zero-order valence-corrected chi connectivity index (χ0v) is 13.6. The summed E-state index contributed by atoms with van der Waals surface area (Å²) in [5.41, 5.74) is 1.27. The van der Waals surface area contributed by atoms with Gasteiger partial charge >= 0.3 is 0 Å². The number of hydrogen-bond acceptors (Lipinski definition) is 3. The normalized spacial score (nSPS) is 25.8. The number of piperazine rings is 1. The van der Waals surface area contributed by atoms with Gasteiger partial charge in [-0.05, 0) is 36.3 Å². The minimum Gasteiger partial charge on any atom is -0.332 e. The van der Waals surface area contributed by atoms with Gasteiger partial charge in [-0.3, -0.25) is 9.59 Å². The molecule has 2 aliphatic heterocycles. The van der Waals surface area contributed by atoms with Gasteiger partial charge in [0.25, 0.3) is 0 Å². The second-order valence-corrected chi connectivity index (χ2v) is 7.71.